The van der Waals surface area contributed by atoms with Crippen LogP contribution in [0.5, 0.6) is 0 Å². The Morgan fingerprint density at radius 1 is 1.42 bits per heavy atom. The van der Waals surface area contributed by atoms with Gasteiger partial charge < -0.3 is 8.94 Å². The van der Waals surface area contributed by atoms with E-state index in [1.54, 1.807) is 6.92 Å². The van der Waals surface area contributed by atoms with Crippen molar-refractivity contribution in [1.29, 1.82) is 0 Å². The molecular formula is C18H17FN2O3. The zero-order chi connectivity index (χ0) is 16.8. The van der Waals surface area contributed by atoms with E-state index in [1.165, 1.54) is 18.2 Å². The van der Waals surface area contributed by atoms with Crippen LogP contribution in [0.15, 0.2) is 27.1 Å². The summed E-state index contributed by atoms with van der Waals surface area (Å²) in [5.41, 5.74) is 2.95. The SMILES string of the molecule is Cc1c(C(=O)Nc2onc3c2C[C@@H](C)CC3)oc2ccc(F)cc12. The van der Waals surface area contributed by atoms with Gasteiger partial charge in [0.05, 0.1) is 5.69 Å². The lowest BCUT2D eigenvalue weighted by molar-refractivity contribution is 0.0994. The van der Waals surface area contributed by atoms with E-state index in [-0.39, 0.29) is 11.6 Å². The van der Waals surface area contributed by atoms with Gasteiger partial charge in [0.15, 0.2) is 5.76 Å². The van der Waals surface area contributed by atoms with Gasteiger partial charge in [-0.1, -0.05) is 12.1 Å². The van der Waals surface area contributed by atoms with Crippen LogP contribution in [-0.4, -0.2) is 11.1 Å². The summed E-state index contributed by atoms with van der Waals surface area (Å²) in [4.78, 5) is 12.6. The fraction of sp³-hybridized carbons (Fsp3) is 0.333. The second kappa shape index (κ2) is 5.47. The lowest BCUT2D eigenvalue weighted by atomic mass is 9.89. The summed E-state index contributed by atoms with van der Waals surface area (Å²) in [5.74, 6) is 0.290. The largest absolute Gasteiger partial charge is 0.451 e. The lowest BCUT2D eigenvalue weighted by Crippen LogP contribution is -2.16. The van der Waals surface area contributed by atoms with Gasteiger partial charge in [-0.25, -0.2) is 4.39 Å². The van der Waals surface area contributed by atoms with E-state index in [0.29, 0.717) is 28.3 Å². The summed E-state index contributed by atoms with van der Waals surface area (Å²) in [5, 5.41) is 7.38. The number of benzene rings is 1. The topological polar surface area (TPSA) is 68.3 Å². The number of rotatable bonds is 2. The molecule has 3 aromatic rings. The normalized spacial score (nSPS) is 17.0. The number of nitrogens with one attached hydrogen (secondary N) is 1. The molecule has 1 aliphatic rings. The maximum absolute atomic E-state index is 13.4. The number of anilines is 1. The summed E-state index contributed by atoms with van der Waals surface area (Å²) < 4.78 is 24.3. The van der Waals surface area contributed by atoms with Gasteiger partial charge in [0.1, 0.15) is 11.4 Å². The highest BCUT2D eigenvalue weighted by Gasteiger charge is 2.26. The molecule has 0 radical (unpaired) electrons. The molecule has 0 unspecified atom stereocenters. The van der Waals surface area contributed by atoms with Gasteiger partial charge in [0, 0.05) is 16.5 Å². The molecule has 6 heteroatoms. The molecule has 0 saturated heterocycles. The fourth-order valence-electron chi connectivity index (χ4n) is 3.25. The number of carbonyl (C=O) groups excluding carboxylic acids is 1. The maximum atomic E-state index is 13.4. The molecule has 1 amide bonds. The van der Waals surface area contributed by atoms with Gasteiger partial charge in [-0.05, 0) is 50.3 Å². The predicted octanol–water partition coefficient (Wildman–Crippen LogP) is 4.25. The number of fused-ring (bicyclic) bond motifs is 2. The predicted molar refractivity (Wildman–Crippen MR) is 86.6 cm³/mol. The third kappa shape index (κ3) is 2.38. The van der Waals surface area contributed by atoms with Crippen LogP contribution in [0, 0.1) is 18.7 Å². The zero-order valence-corrected chi connectivity index (χ0v) is 13.5. The average molecular weight is 328 g/mol. The first-order valence-corrected chi connectivity index (χ1v) is 8.00. The molecule has 1 aliphatic carbocycles. The highest BCUT2D eigenvalue weighted by molar-refractivity contribution is 6.06. The van der Waals surface area contributed by atoms with Gasteiger partial charge in [-0.15, -0.1) is 0 Å². The summed E-state index contributed by atoms with van der Waals surface area (Å²) >= 11 is 0. The number of amides is 1. The highest BCUT2D eigenvalue weighted by Crippen LogP contribution is 2.32. The Kier molecular flexibility index (Phi) is 3.40. The van der Waals surface area contributed by atoms with E-state index < -0.39 is 5.91 Å². The van der Waals surface area contributed by atoms with Crippen LogP contribution < -0.4 is 5.32 Å². The van der Waals surface area contributed by atoms with E-state index in [9.17, 15) is 9.18 Å². The maximum Gasteiger partial charge on any atom is 0.294 e. The standard InChI is InChI=1S/C18H17FN2O3/c1-9-3-5-14-13(7-9)18(24-21-14)20-17(22)16-10(2)12-8-11(19)4-6-15(12)23-16/h4,6,8-9H,3,5,7H2,1-2H3,(H,20,22)/t9-/m0/s1. The minimum absolute atomic E-state index is 0.157. The molecule has 0 fully saturated rings. The van der Waals surface area contributed by atoms with Gasteiger partial charge in [0.2, 0.25) is 5.88 Å². The van der Waals surface area contributed by atoms with E-state index >= 15 is 0 Å². The zero-order valence-electron chi connectivity index (χ0n) is 13.5. The minimum atomic E-state index is -0.415. The van der Waals surface area contributed by atoms with E-state index in [2.05, 4.69) is 17.4 Å². The number of aryl methyl sites for hydroxylation is 2. The fourth-order valence-corrected chi connectivity index (χ4v) is 3.25. The minimum Gasteiger partial charge on any atom is -0.451 e. The van der Waals surface area contributed by atoms with Crippen molar-refractivity contribution in [1.82, 2.24) is 5.16 Å². The molecule has 124 valence electrons. The van der Waals surface area contributed by atoms with Crippen LogP contribution in [0.1, 0.15) is 40.7 Å². The molecule has 0 spiro atoms. The number of aromatic nitrogens is 1. The molecule has 24 heavy (non-hydrogen) atoms. The molecule has 4 rings (SSSR count). The van der Waals surface area contributed by atoms with E-state index in [4.69, 9.17) is 8.94 Å². The van der Waals surface area contributed by atoms with Crippen LogP contribution in [-0.2, 0) is 12.8 Å². The molecule has 1 N–H and O–H groups in total. The molecule has 2 heterocycles. The summed E-state index contributed by atoms with van der Waals surface area (Å²) in [7, 11) is 0. The van der Waals surface area contributed by atoms with E-state index in [0.717, 1.165) is 30.5 Å². The lowest BCUT2D eigenvalue weighted by Gasteiger charge is -2.16. The number of nitrogens with zero attached hydrogens (tertiary/aromatic N) is 1. The van der Waals surface area contributed by atoms with Crippen LogP contribution in [0.3, 0.4) is 0 Å². The van der Waals surface area contributed by atoms with Gasteiger partial charge in [-0.2, -0.15) is 0 Å². The monoisotopic (exact) mass is 328 g/mol. The van der Waals surface area contributed by atoms with Crippen LogP contribution in [0.2, 0.25) is 0 Å². The molecule has 0 saturated carbocycles. The molecule has 5 nitrogen and oxygen atoms in total. The van der Waals surface area contributed by atoms with Crippen LogP contribution in [0.4, 0.5) is 10.3 Å². The summed E-state index contributed by atoms with van der Waals surface area (Å²) in [6.45, 7) is 3.90. The van der Waals surface area contributed by atoms with Crippen molar-refractivity contribution in [3.63, 3.8) is 0 Å². The number of hydrogen-bond acceptors (Lipinski definition) is 4. The average Bonchev–Trinajstić information content (AvgIpc) is 3.09. The number of halogens is 1. The van der Waals surface area contributed by atoms with Crippen molar-refractivity contribution in [3.05, 3.63) is 46.6 Å². The molecule has 1 aromatic carbocycles. The van der Waals surface area contributed by atoms with Crippen LogP contribution in [0.25, 0.3) is 11.0 Å². The first-order chi connectivity index (χ1) is 11.5. The second-order valence-corrected chi connectivity index (χ2v) is 6.44. The summed E-state index contributed by atoms with van der Waals surface area (Å²) in [6, 6.07) is 4.19. The van der Waals surface area contributed by atoms with Crippen molar-refractivity contribution in [3.8, 4) is 0 Å². The van der Waals surface area contributed by atoms with Crippen LogP contribution >= 0.6 is 0 Å². The molecule has 1 atom stereocenters. The molecule has 0 aliphatic heterocycles. The molecular weight excluding hydrogens is 311 g/mol. The van der Waals surface area contributed by atoms with Gasteiger partial charge in [-0.3, -0.25) is 10.1 Å². The Hall–Kier alpha value is -2.63. The summed E-state index contributed by atoms with van der Waals surface area (Å²) in [6.07, 6.45) is 2.76. The van der Waals surface area contributed by atoms with Crippen molar-refractivity contribution in [2.45, 2.75) is 33.1 Å². The quantitative estimate of drug-likeness (QED) is 0.764. The highest BCUT2D eigenvalue weighted by atomic mass is 19.1. The smallest absolute Gasteiger partial charge is 0.294 e. The second-order valence-electron chi connectivity index (χ2n) is 6.44. The third-order valence-corrected chi connectivity index (χ3v) is 4.63. The van der Waals surface area contributed by atoms with Crippen molar-refractivity contribution in [2.75, 3.05) is 5.32 Å². The number of furan rings is 1. The Morgan fingerprint density at radius 2 is 2.25 bits per heavy atom. The van der Waals surface area contributed by atoms with Crippen molar-refractivity contribution in [2.24, 2.45) is 5.92 Å². The number of carbonyl (C=O) groups is 1. The van der Waals surface area contributed by atoms with Crippen molar-refractivity contribution >= 4 is 22.8 Å². The Labute approximate surface area is 137 Å². The Bertz CT molecular complexity index is 941. The first kappa shape index (κ1) is 14.9. The molecule has 2 aromatic heterocycles. The Morgan fingerprint density at radius 3 is 3.08 bits per heavy atom. The number of hydrogen-bond donors (Lipinski definition) is 1. The van der Waals surface area contributed by atoms with Crippen molar-refractivity contribution < 1.29 is 18.1 Å². The van der Waals surface area contributed by atoms with E-state index in [1.807, 2.05) is 0 Å². The Balaban J connectivity index is 1.66. The van der Waals surface area contributed by atoms with Gasteiger partial charge >= 0.3 is 0 Å². The molecule has 0 bridgehead atoms. The van der Waals surface area contributed by atoms with Gasteiger partial charge in [0.25, 0.3) is 5.91 Å². The first-order valence-electron chi connectivity index (χ1n) is 8.00. The third-order valence-electron chi connectivity index (χ3n) is 4.63.